The quantitative estimate of drug-likeness (QED) is 0.804. The van der Waals surface area contributed by atoms with Crippen LogP contribution in [-0.2, 0) is 6.42 Å². The van der Waals surface area contributed by atoms with Gasteiger partial charge in [-0.2, -0.15) is 0 Å². The Hall–Kier alpha value is -1.12. The molecule has 3 heteroatoms. The molecular weight excluding hydrogens is 210 g/mol. The van der Waals surface area contributed by atoms with Crippen molar-refractivity contribution >= 4 is 5.82 Å². The number of hydrogen-bond donors (Lipinski definition) is 0. The van der Waals surface area contributed by atoms with E-state index < -0.39 is 0 Å². The highest BCUT2D eigenvalue weighted by molar-refractivity contribution is 5.36. The van der Waals surface area contributed by atoms with Crippen LogP contribution in [0.2, 0.25) is 0 Å². The number of anilines is 1. The summed E-state index contributed by atoms with van der Waals surface area (Å²) in [4.78, 5) is 11.4. The van der Waals surface area contributed by atoms with E-state index in [9.17, 15) is 0 Å². The average Bonchev–Trinajstić information content (AvgIpc) is 2.30. The van der Waals surface area contributed by atoms with Crippen LogP contribution in [0.4, 0.5) is 5.82 Å². The number of nitrogens with zero attached hydrogens (tertiary/aromatic N) is 3. The number of rotatable bonds is 3. The van der Waals surface area contributed by atoms with E-state index in [0.717, 1.165) is 36.9 Å². The Labute approximate surface area is 104 Å². The van der Waals surface area contributed by atoms with E-state index in [1.807, 2.05) is 12.4 Å². The fourth-order valence-corrected chi connectivity index (χ4v) is 2.27. The minimum Gasteiger partial charge on any atom is -0.355 e. The minimum absolute atomic E-state index is 0.644. The van der Waals surface area contributed by atoms with Crippen molar-refractivity contribution in [1.82, 2.24) is 9.97 Å². The van der Waals surface area contributed by atoms with Crippen LogP contribution < -0.4 is 4.90 Å². The Morgan fingerprint density at radius 2 is 1.94 bits per heavy atom. The first-order chi connectivity index (χ1) is 8.15. The van der Waals surface area contributed by atoms with Gasteiger partial charge in [0.15, 0.2) is 0 Å². The highest BCUT2D eigenvalue weighted by atomic mass is 15.2. The number of hydrogen-bond acceptors (Lipinski definition) is 3. The standard InChI is InChI=1S/C14H23N3/c1-11(2)8-13-9-16-14(10-15-13)17-6-4-12(3)5-7-17/h9-12H,4-8H2,1-3H3. The van der Waals surface area contributed by atoms with Gasteiger partial charge in [0.2, 0.25) is 0 Å². The zero-order valence-corrected chi connectivity index (χ0v) is 11.2. The van der Waals surface area contributed by atoms with E-state index in [2.05, 4.69) is 35.6 Å². The molecule has 0 radical (unpaired) electrons. The van der Waals surface area contributed by atoms with Crippen LogP contribution in [0.1, 0.15) is 39.3 Å². The second-order valence-electron chi connectivity index (χ2n) is 5.63. The zero-order chi connectivity index (χ0) is 12.3. The van der Waals surface area contributed by atoms with Gasteiger partial charge in [0.25, 0.3) is 0 Å². The predicted octanol–water partition coefficient (Wildman–Crippen LogP) is 2.91. The molecule has 1 aliphatic rings. The van der Waals surface area contributed by atoms with Gasteiger partial charge in [-0.15, -0.1) is 0 Å². The van der Waals surface area contributed by atoms with Gasteiger partial charge in [-0.1, -0.05) is 20.8 Å². The van der Waals surface area contributed by atoms with Crippen molar-refractivity contribution in [3.05, 3.63) is 18.1 Å². The second-order valence-corrected chi connectivity index (χ2v) is 5.63. The summed E-state index contributed by atoms with van der Waals surface area (Å²) in [6, 6.07) is 0. The van der Waals surface area contributed by atoms with Gasteiger partial charge >= 0.3 is 0 Å². The van der Waals surface area contributed by atoms with E-state index in [0.29, 0.717) is 5.92 Å². The highest BCUT2D eigenvalue weighted by Crippen LogP contribution is 2.20. The normalized spacial score (nSPS) is 17.8. The summed E-state index contributed by atoms with van der Waals surface area (Å²) in [5.74, 6) is 2.55. The van der Waals surface area contributed by atoms with Gasteiger partial charge in [-0.25, -0.2) is 4.98 Å². The van der Waals surface area contributed by atoms with Crippen molar-refractivity contribution in [1.29, 1.82) is 0 Å². The van der Waals surface area contributed by atoms with Gasteiger partial charge in [0, 0.05) is 13.1 Å². The van der Waals surface area contributed by atoms with Crippen LogP contribution >= 0.6 is 0 Å². The molecule has 0 aliphatic carbocycles. The van der Waals surface area contributed by atoms with Crippen molar-refractivity contribution in [2.24, 2.45) is 11.8 Å². The van der Waals surface area contributed by atoms with Crippen LogP contribution in [0.15, 0.2) is 12.4 Å². The van der Waals surface area contributed by atoms with E-state index in [1.54, 1.807) is 0 Å². The molecule has 0 spiro atoms. The van der Waals surface area contributed by atoms with Crippen molar-refractivity contribution in [3.63, 3.8) is 0 Å². The van der Waals surface area contributed by atoms with Crippen LogP contribution in [0.5, 0.6) is 0 Å². The summed E-state index contributed by atoms with van der Waals surface area (Å²) < 4.78 is 0. The fourth-order valence-electron chi connectivity index (χ4n) is 2.27. The maximum absolute atomic E-state index is 4.54. The molecular formula is C14H23N3. The van der Waals surface area contributed by atoms with Crippen LogP contribution in [0.3, 0.4) is 0 Å². The molecule has 0 N–H and O–H groups in total. The van der Waals surface area contributed by atoms with Crippen LogP contribution in [-0.4, -0.2) is 23.1 Å². The van der Waals surface area contributed by atoms with Crippen molar-refractivity contribution in [2.75, 3.05) is 18.0 Å². The molecule has 1 saturated heterocycles. The fraction of sp³-hybridized carbons (Fsp3) is 0.714. The summed E-state index contributed by atoms with van der Waals surface area (Å²) in [7, 11) is 0. The third-order valence-electron chi connectivity index (χ3n) is 3.42. The molecule has 2 rings (SSSR count). The lowest BCUT2D eigenvalue weighted by Gasteiger charge is -2.30. The second kappa shape index (κ2) is 5.48. The van der Waals surface area contributed by atoms with Crippen LogP contribution in [0, 0.1) is 11.8 Å². The Morgan fingerprint density at radius 1 is 1.24 bits per heavy atom. The topological polar surface area (TPSA) is 29.0 Å². The minimum atomic E-state index is 0.644. The van der Waals surface area contributed by atoms with E-state index in [4.69, 9.17) is 0 Å². The largest absolute Gasteiger partial charge is 0.355 e. The monoisotopic (exact) mass is 233 g/mol. The smallest absolute Gasteiger partial charge is 0.147 e. The molecule has 1 fully saturated rings. The first-order valence-electron chi connectivity index (χ1n) is 6.71. The third-order valence-corrected chi connectivity index (χ3v) is 3.42. The Morgan fingerprint density at radius 3 is 2.47 bits per heavy atom. The zero-order valence-electron chi connectivity index (χ0n) is 11.2. The first-order valence-corrected chi connectivity index (χ1v) is 6.71. The van der Waals surface area contributed by atoms with Crippen molar-refractivity contribution < 1.29 is 0 Å². The van der Waals surface area contributed by atoms with E-state index in [1.165, 1.54) is 12.8 Å². The van der Waals surface area contributed by atoms with Gasteiger partial charge in [-0.3, -0.25) is 4.98 Å². The Bertz CT molecular complexity index is 337. The van der Waals surface area contributed by atoms with Gasteiger partial charge < -0.3 is 4.90 Å². The first kappa shape index (κ1) is 12.3. The Balaban J connectivity index is 1.97. The molecule has 0 bridgehead atoms. The molecule has 3 nitrogen and oxygen atoms in total. The van der Waals surface area contributed by atoms with E-state index >= 15 is 0 Å². The molecule has 0 unspecified atom stereocenters. The summed E-state index contributed by atoms with van der Waals surface area (Å²) in [5, 5.41) is 0. The number of piperidine rings is 1. The van der Waals surface area contributed by atoms with E-state index in [-0.39, 0.29) is 0 Å². The summed E-state index contributed by atoms with van der Waals surface area (Å²) in [6.07, 6.45) is 7.44. The van der Waals surface area contributed by atoms with Gasteiger partial charge in [0.05, 0.1) is 18.1 Å². The molecule has 0 saturated carbocycles. The summed E-state index contributed by atoms with van der Waals surface area (Å²) in [5.41, 5.74) is 1.11. The Kier molecular flexibility index (Phi) is 3.97. The van der Waals surface area contributed by atoms with Crippen molar-refractivity contribution in [3.8, 4) is 0 Å². The molecule has 1 aliphatic heterocycles. The summed E-state index contributed by atoms with van der Waals surface area (Å²) >= 11 is 0. The van der Waals surface area contributed by atoms with Gasteiger partial charge in [-0.05, 0) is 31.1 Å². The molecule has 17 heavy (non-hydrogen) atoms. The van der Waals surface area contributed by atoms with Crippen LogP contribution in [0.25, 0.3) is 0 Å². The maximum Gasteiger partial charge on any atom is 0.147 e. The molecule has 1 aromatic heterocycles. The lowest BCUT2D eigenvalue weighted by atomic mass is 9.99. The predicted molar refractivity (Wildman–Crippen MR) is 71.2 cm³/mol. The third kappa shape index (κ3) is 3.42. The van der Waals surface area contributed by atoms with Crippen molar-refractivity contribution in [2.45, 2.75) is 40.0 Å². The lowest BCUT2D eigenvalue weighted by Crippen LogP contribution is -2.33. The SMILES string of the molecule is CC(C)Cc1cnc(N2CCC(C)CC2)cn1. The molecule has 0 atom stereocenters. The molecule has 0 amide bonds. The maximum atomic E-state index is 4.54. The highest BCUT2D eigenvalue weighted by Gasteiger charge is 2.16. The average molecular weight is 233 g/mol. The lowest BCUT2D eigenvalue weighted by molar-refractivity contribution is 0.436. The molecule has 0 aromatic carbocycles. The van der Waals surface area contributed by atoms with Gasteiger partial charge in [0.1, 0.15) is 5.82 Å². The number of aromatic nitrogens is 2. The summed E-state index contributed by atoms with van der Waals surface area (Å²) in [6.45, 7) is 9.00. The molecule has 94 valence electrons. The molecule has 1 aromatic rings. The molecule has 2 heterocycles.